The first-order valence-corrected chi connectivity index (χ1v) is 11.3. The number of anilines is 1. The molecule has 0 aliphatic carbocycles. The van der Waals surface area contributed by atoms with Crippen molar-refractivity contribution in [2.24, 2.45) is 11.7 Å². The van der Waals surface area contributed by atoms with E-state index < -0.39 is 0 Å². The number of amides is 3. The molecule has 0 unspecified atom stereocenters. The van der Waals surface area contributed by atoms with Crippen molar-refractivity contribution in [2.45, 2.75) is 25.7 Å². The molecule has 176 valence electrons. The third kappa shape index (κ3) is 5.60. The summed E-state index contributed by atoms with van der Waals surface area (Å²) in [5, 5.41) is 7.36. The lowest BCUT2D eigenvalue weighted by Gasteiger charge is -2.31. The number of aromatic nitrogens is 2. The number of carbonyl (C=O) groups is 3. The molecule has 34 heavy (non-hydrogen) atoms. The van der Waals surface area contributed by atoms with Crippen LogP contribution >= 0.6 is 11.6 Å². The fourth-order valence-electron chi connectivity index (χ4n) is 3.82. The molecular formula is C24H24ClN5O4. The minimum Gasteiger partial charge on any atom is -0.369 e. The second kappa shape index (κ2) is 10.5. The van der Waals surface area contributed by atoms with Gasteiger partial charge in [0.1, 0.15) is 0 Å². The van der Waals surface area contributed by atoms with Gasteiger partial charge in [-0.05, 0) is 49.2 Å². The number of nitrogens with one attached hydrogen (secondary N) is 1. The molecule has 4 rings (SSSR count). The molecule has 3 amide bonds. The molecular weight excluding hydrogens is 458 g/mol. The SMILES string of the molecule is NC(=O)C1CCN(C(=O)c2ccccc2NC(=O)CCc2nc(-c3ccc(Cl)cc3)no2)CC1. The zero-order chi connectivity index (χ0) is 24.1. The summed E-state index contributed by atoms with van der Waals surface area (Å²) in [4.78, 5) is 43.0. The molecule has 0 radical (unpaired) electrons. The monoisotopic (exact) mass is 481 g/mol. The summed E-state index contributed by atoms with van der Waals surface area (Å²) in [6.45, 7) is 0.893. The summed E-state index contributed by atoms with van der Waals surface area (Å²) in [6, 6.07) is 13.9. The quantitative estimate of drug-likeness (QED) is 0.532. The van der Waals surface area contributed by atoms with Gasteiger partial charge in [0.2, 0.25) is 23.5 Å². The van der Waals surface area contributed by atoms with Crippen LogP contribution in [0, 0.1) is 5.92 Å². The number of primary amides is 1. The molecule has 1 aliphatic heterocycles. The van der Waals surface area contributed by atoms with Crippen molar-refractivity contribution in [3.63, 3.8) is 0 Å². The molecule has 2 heterocycles. The normalized spacial score (nSPS) is 14.1. The second-order valence-corrected chi connectivity index (χ2v) is 8.52. The average molecular weight is 482 g/mol. The van der Waals surface area contributed by atoms with Crippen molar-refractivity contribution in [2.75, 3.05) is 18.4 Å². The van der Waals surface area contributed by atoms with Crippen LogP contribution in [0.4, 0.5) is 5.69 Å². The molecule has 9 nitrogen and oxygen atoms in total. The molecule has 1 fully saturated rings. The second-order valence-electron chi connectivity index (χ2n) is 8.08. The van der Waals surface area contributed by atoms with Crippen molar-refractivity contribution in [3.05, 3.63) is 65.0 Å². The van der Waals surface area contributed by atoms with E-state index in [1.54, 1.807) is 53.4 Å². The van der Waals surface area contributed by atoms with Gasteiger partial charge >= 0.3 is 0 Å². The van der Waals surface area contributed by atoms with Gasteiger partial charge in [-0.1, -0.05) is 28.9 Å². The van der Waals surface area contributed by atoms with Gasteiger partial charge in [0.25, 0.3) is 5.91 Å². The number of likely N-dealkylation sites (tertiary alicyclic amines) is 1. The Labute approximate surface area is 201 Å². The molecule has 0 bridgehead atoms. The molecule has 3 N–H and O–H groups in total. The maximum Gasteiger partial charge on any atom is 0.255 e. The maximum atomic E-state index is 13.0. The molecule has 0 atom stereocenters. The summed E-state index contributed by atoms with van der Waals surface area (Å²) in [5.74, 6) is -0.252. The highest BCUT2D eigenvalue weighted by atomic mass is 35.5. The number of carbonyl (C=O) groups excluding carboxylic acids is 3. The Morgan fingerprint density at radius 2 is 1.79 bits per heavy atom. The smallest absolute Gasteiger partial charge is 0.255 e. The highest BCUT2D eigenvalue weighted by Crippen LogP contribution is 2.23. The minimum atomic E-state index is -0.332. The number of aryl methyl sites for hydroxylation is 1. The molecule has 1 aromatic heterocycles. The number of hydrogen-bond donors (Lipinski definition) is 2. The van der Waals surface area contributed by atoms with Crippen molar-refractivity contribution in [1.29, 1.82) is 0 Å². The number of benzene rings is 2. The lowest BCUT2D eigenvalue weighted by molar-refractivity contribution is -0.123. The van der Waals surface area contributed by atoms with E-state index >= 15 is 0 Å². The van der Waals surface area contributed by atoms with Gasteiger partial charge in [-0.25, -0.2) is 0 Å². The van der Waals surface area contributed by atoms with Gasteiger partial charge in [0.05, 0.1) is 11.3 Å². The van der Waals surface area contributed by atoms with Crippen molar-refractivity contribution < 1.29 is 18.9 Å². The van der Waals surface area contributed by atoms with Crippen LogP contribution in [0.5, 0.6) is 0 Å². The van der Waals surface area contributed by atoms with E-state index in [2.05, 4.69) is 15.5 Å². The Morgan fingerprint density at radius 1 is 1.09 bits per heavy atom. The summed E-state index contributed by atoms with van der Waals surface area (Å²) < 4.78 is 5.25. The Morgan fingerprint density at radius 3 is 2.50 bits per heavy atom. The van der Waals surface area contributed by atoms with E-state index in [0.717, 1.165) is 5.56 Å². The van der Waals surface area contributed by atoms with E-state index in [1.165, 1.54) is 0 Å². The van der Waals surface area contributed by atoms with Crippen LogP contribution in [-0.4, -0.2) is 45.9 Å². The first-order chi connectivity index (χ1) is 16.4. The third-order valence-corrected chi connectivity index (χ3v) is 6.00. The lowest BCUT2D eigenvalue weighted by atomic mass is 9.95. The maximum absolute atomic E-state index is 13.0. The zero-order valence-electron chi connectivity index (χ0n) is 18.4. The molecule has 2 aromatic carbocycles. The summed E-state index contributed by atoms with van der Waals surface area (Å²) in [7, 11) is 0. The molecule has 1 saturated heterocycles. The van der Waals surface area contributed by atoms with Crippen LogP contribution in [0.15, 0.2) is 53.1 Å². The number of halogens is 1. The first-order valence-electron chi connectivity index (χ1n) is 11.0. The van der Waals surface area contributed by atoms with E-state index in [-0.39, 0.29) is 36.5 Å². The molecule has 0 saturated carbocycles. The van der Waals surface area contributed by atoms with Gasteiger partial charge < -0.3 is 20.5 Å². The predicted molar refractivity (Wildman–Crippen MR) is 126 cm³/mol. The summed E-state index contributed by atoms with van der Waals surface area (Å²) >= 11 is 5.90. The van der Waals surface area contributed by atoms with Gasteiger partial charge in [-0.2, -0.15) is 4.98 Å². The van der Waals surface area contributed by atoms with Gasteiger partial charge in [-0.15, -0.1) is 0 Å². The molecule has 1 aliphatic rings. The number of rotatable bonds is 7. The van der Waals surface area contributed by atoms with Gasteiger partial charge in [0.15, 0.2) is 0 Å². The van der Waals surface area contributed by atoms with Gasteiger partial charge in [-0.3, -0.25) is 14.4 Å². The van der Waals surface area contributed by atoms with Crippen LogP contribution in [0.2, 0.25) is 5.02 Å². The lowest BCUT2D eigenvalue weighted by Crippen LogP contribution is -2.42. The highest BCUT2D eigenvalue weighted by molar-refractivity contribution is 6.30. The number of nitrogens with two attached hydrogens (primary N) is 1. The topological polar surface area (TPSA) is 131 Å². The number of hydrogen-bond acceptors (Lipinski definition) is 6. The van der Waals surface area contributed by atoms with Crippen LogP contribution in [0.25, 0.3) is 11.4 Å². The minimum absolute atomic E-state index is 0.106. The first kappa shape index (κ1) is 23.4. The molecule has 3 aromatic rings. The largest absolute Gasteiger partial charge is 0.369 e. The van der Waals surface area contributed by atoms with E-state index in [4.69, 9.17) is 21.9 Å². The van der Waals surface area contributed by atoms with Crippen molar-refractivity contribution >= 4 is 35.0 Å². The number of para-hydroxylation sites is 1. The van der Waals surface area contributed by atoms with E-state index in [1.807, 2.05) is 0 Å². The van der Waals surface area contributed by atoms with Crippen LogP contribution in [0.3, 0.4) is 0 Å². The summed E-state index contributed by atoms with van der Waals surface area (Å²) in [5.41, 5.74) is 6.97. The Hall–Kier alpha value is -3.72. The predicted octanol–water partition coefficient (Wildman–Crippen LogP) is 3.30. The van der Waals surface area contributed by atoms with E-state index in [0.29, 0.717) is 53.9 Å². The Kier molecular flexibility index (Phi) is 7.22. The Balaban J connectivity index is 1.35. The summed E-state index contributed by atoms with van der Waals surface area (Å²) in [6.07, 6.45) is 1.44. The number of nitrogens with zero attached hydrogens (tertiary/aromatic N) is 3. The number of piperidine rings is 1. The van der Waals surface area contributed by atoms with Gasteiger partial charge in [0, 0.05) is 42.4 Å². The standard InChI is InChI=1S/C24H24ClN5O4/c25-17-7-5-16(6-8-17)23-28-21(34-29-23)10-9-20(31)27-19-4-2-1-3-18(19)24(33)30-13-11-15(12-14-30)22(26)32/h1-8,15H,9-14H2,(H2,26,32)(H,27,31). The van der Waals surface area contributed by atoms with Crippen molar-refractivity contribution in [1.82, 2.24) is 15.0 Å². The third-order valence-electron chi connectivity index (χ3n) is 5.75. The zero-order valence-corrected chi connectivity index (χ0v) is 19.1. The molecule has 0 spiro atoms. The average Bonchev–Trinajstić information content (AvgIpc) is 3.32. The fraction of sp³-hybridized carbons (Fsp3) is 0.292. The van der Waals surface area contributed by atoms with E-state index in [9.17, 15) is 14.4 Å². The van der Waals surface area contributed by atoms with Crippen LogP contribution in [-0.2, 0) is 16.0 Å². The fourth-order valence-corrected chi connectivity index (χ4v) is 3.95. The molecule has 10 heteroatoms. The Bertz CT molecular complexity index is 1190. The van der Waals surface area contributed by atoms with Crippen LogP contribution in [0.1, 0.15) is 35.5 Å². The van der Waals surface area contributed by atoms with Crippen LogP contribution < -0.4 is 11.1 Å². The van der Waals surface area contributed by atoms with Crippen molar-refractivity contribution in [3.8, 4) is 11.4 Å². The highest BCUT2D eigenvalue weighted by Gasteiger charge is 2.27.